The van der Waals surface area contributed by atoms with Crippen LogP contribution in [0, 0.1) is 5.92 Å². The van der Waals surface area contributed by atoms with Gasteiger partial charge >= 0.3 is 0 Å². The standard InChI is InChI=1S/C16H24N2O2/c1-11(2)16-10-15(7-8-20-16)18-14-6-4-5-13(9-14)17-12(3)19/h4-6,9,11,15-16,18H,7-8,10H2,1-3H3,(H,17,19). The molecule has 0 aromatic heterocycles. The van der Waals surface area contributed by atoms with Gasteiger partial charge in [-0.1, -0.05) is 19.9 Å². The molecular weight excluding hydrogens is 252 g/mol. The van der Waals surface area contributed by atoms with Crippen LogP contribution < -0.4 is 10.6 Å². The Morgan fingerprint density at radius 2 is 2.10 bits per heavy atom. The fourth-order valence-electron chi connectivity index (χ4n) is 2.55. The third-order valence-electron chi connectivity index (χ3n) is 3.61. The van der Waals surface area contributed by atoms with Gasteiger partial charge in [-0.05, 0) is 37.0 Å². The van der Waals surface area contributed by atoms with Crippen LogP contribution in [0.3, 0.4) is 0 Å². The number of benzene rings is 1. The molecule has 1 aromatic carbocycles. The summed E-state index contributed by atoms with van der Waals surface area (Å²) in [5.74, 6) is 0.499. The van der Waals surface area contributed by atoms with Crippen molar-refractivity contribution in [1.82, 2.24) is 0 Å². The van der Waals surface area contributed by atoms with Crippen molar-refractivity contribution in [3.63, 3.8) is 0 Å². The quantitative estimate of drug-likeness (QED) is 0.887. The molecule has 4 heteroatoms. The summed E-state index contributed by atoms with van der Waals surface area (Å²) in [6.07, 6.45) is 2.38. The molecule has 20 heavy (non-hydrogen) atoms. The van der Waals surface area contributed by atoms with Gasteiger partial charge in [-0.2, -0.15) is 0 Å². The molecule has 2 rings (SSSR count). The molecular formula is C16H24N2O2. The zero-order chi connectivity index (χ0) is 14.5. The van der Waals surface area contributed by atoms with Crippen LogP contribution in [0.5, 0.6) is 0 Å². The fraction of sp³-hybridized carbons (Fsp3) is 0.562. The van der Waals surface area contributed by atoms with Gasteiger partial charge in [0, 0.05) is 30.9 Å². The van der Waals surface area contributed by atoms with Crippen molar-refractivity contribution in [3.8, 4) is 0 Å². The number of hydrogen-bond donors (Lipinski definition) is 2. The maximum Gasteiger partial charge on any atom is 0.221 e. The summed E-state index contributed by atoms with van der Waals surface area (Å²) in [5, 5.41) is 6.35. The summed E-state index contributed by atoms with van der Waals surface area (Å²) in [7, 11) is 0. The van der Waals surface area contributed by atoms with Crippen LogP contribution in [0.4, 0.5) is 11.4 Å². The maximum absolute atomic E-state index is 11.1. The molecule has 1 amide bonds. The highest BCUT2D eigenvalue weighted by atomic mass is 16.5. The second-order valence-electron chi connectivity index (χ2n) is 5.78. The molecule has 1 fully saturated rings. The summed E-state index contributed by atoms with van der Waals surface area (Å²) in [5.41, 5.74) is 1.88. The van der Waals surface area contributed by atoms with E-state index < -0.39 is 0 Å². The van der Waals surface area contributed by atoms with Crippen LogP contribution in [0.1, 0.15) is 33.6 Å². The average molecular weight is 276 g/mol. The van der Waals surface area contributed by atoms with E-state index in [9.17, 15) is 4.79 Å². The third-order valence-corrected chi connectivity index (χ3v) is 3.61. The number of anilines is 2. The van der Waals surface area contributed by atoms with Gasteiger partial charge < -0.3 is 15.4 Å². The van der Waals surface area contributed by atoms with E-state index in [2.05, 4.69) is 24.5 Å². The minimum atomic E-state index is -0.0481. The van der Waals surface area contributed by atoms with E-state index >= 15 is 0 Å². The molecule has 4 nitrogen and oxygen atoms in total. The van der Waals surface area contributed by atoms with E-state index in [1.807, 2.05) is 24.3 Å². The first kappa shape index (κ1) is 14.9. The van der Waals surface area contributed by atoms with Crippen molar-refractivity contribution < 1.29 is 9.53 Å². The van der Waals surface area contributed by atoms with Crippen molar-refractivity contribution in [2.24, 2.45) is 5.92 Å². The van der Waals surface area contributed by atoms with Crippen molar-refractivity contribution in [1.29, 1.82) is 0 Å². The van der Waals surface area contributed by atoms with Crippen molar-refractivity contribution in [2.45, 2.75) is 45.8 Å². The van der Waals surface area contributed by atoms with E-state index in [4.69, 9.17) is 4.74 Å². The molecule has 1 saturated heterocycles. The lowest BCUT2D eigenvalue weighted by Gasteiger charge is -2.33. The molecule has 1 aliphatic rings. The smallest absolute Gasteiger partial charge is 0.221 e. The van der Waals surface area contributed by atoms with Crippen LogP contribution in [-0.2, 0) is 9.53 Å². The van der Waals surface area contributed by atoms with Crippen LogP contribution in [0.15, 0.2) is 24.3 Å². The lowest BCUT2D eigenvalue weighted by atomic mass is 9.95. The van der Waals surface area contributed by atoms with Crippen LogP contribution in [-0.4, -0.2) is 24.7 Å². The highest BCUT2D eigenvalue weighted by Crippen LogP contribution is 2.24. The number of rotatable bonds is 4. The molecule has 0 aliphatic carbocycles. The monoisotopic (exact) mass is 276 g/mol. The minimum absolute atomic E-state index is 0.0481. The largest absolute Gasteiger partial charge is 0.382 e. The molecule has 1 aliphatic heterocycles. The fourth-order valence-corrected chi connectivity index (χ4v) is 2.55. The second kappa shape index (κ2) is 6.75. The maximum atomic E-state index is 11.1. The van der Waals surface area contributed by atoms with Crippen LogP contribution in [0.25, 0.3) is 0 Å². The Morgan fingerprint density at radius 3 is 2.80 bits per heavy atom. The number of carbonyl (C=O) groups excluding carboxylic acids is 1. The SMILES string of the molecule is CC(=O)Nc1cccc(NC2CCOC(C(C)C)C2)c1. The molecule has 110 valence electrons. The number of amides is 1. The lowest BCUT2D eigenvalue weighted by Crippen LogP contribution is -2.36. The summed E-state index contributed by atoms with van der Waals surface area (Å²) in [6.45, 7) is 6.73. The molecule has 0 bridgehead atoms. The van der Waals surface area contributed by atoms with Gasteiger partial charge in [-0.15, -0.1) is 0 Å². The van der Waals surface area contributed by atoms with Gasteiger partial charge in [-0.25, -0.2) is 0 Å². The zero-order valence-electron chi connectivity index (χ0n) is 12.5. The van der Waals surface area contributed by atoms with Crippen LogP contribution >= 0.6 is 0 Å². The Balaban J connectivity index is 1.97. The number of carbonyl (C=O) groups is 1. The van der Waals surface area contributed by atoms with E-state index in [-0.39, 0.29) is 5.91 Å². The van der Waals surface area contributed by atoms with E-state index in [0.29, 0.717) is 18.1 Å². The summed E-state index contributed by atoms with van der Waals surface area (Å²) >= 11 is 0. The van der Waals surface area contributed by atoms with Gasteiger partial charge in [0.2, 0.25) is 5.91 Å². The Kier molecular flexibility index (Phi) is 5.01. The van der Waals surface area contributed by atoms with Crippen molar-refractivity contribution >= 4 is 17.3 Å². The Bertz CT molecular complexity index is 460. The topological polar surface area (TPSA) is 50.4 Å². The van der Waals surface area contributed by atoms with E-state index in [1.54, 1.807) is 0 Å². The Labute approximate surface area is 120 Å². The first-order valence-corrected chi connectivity index (χ1v) is 7.30. The van der Waals surface area contributed by atoms with Crippen molar-refractivity contribution in [3.05, 3.63) is 24.3 Å². The molecule has 2 N–H and O–H groups in total. The number of hydrogen-bond acceptors (Lipinski definition) is 3. The Morgan fingerprint density at radius 1 is 1.35 bits per heavy atom. The number of ether oxygens (including phenoxy) is 1. The molecule has 0 saturated carbocycles. The predicted octanol–water partition coefficient (Wildman–Crippen LogP) is 3.26. The molecule has 2 atom stereocenters. The van der Waals surface area contributed by atoms with Crippen LogP contribution in [0.2, 0.25) is 0 Å². The molecule has 1 aromatic rings. The molecule has 0 spiro atoms. The van der Waals surface area contributed by atoms with E-state index in [0.717, 1.165) is 30.8 Å². The van der Waals surface area contributed by atoms with Gasteiger partial charge in [0.15, 0.2) is 0 Å². The zero-order valence-corrected chi connectivity index (χ0v) is 12.5. The highest BCUT2D eigenvalue weighted by Gasteiger charge is 2.24. The molecule has 2 unspecified atom stereocenters. The van der Waals surface area contributed by atoms with Gasteiger partial charge in [0.25, 0.3) is 0 Å². The predicted molar refractivity (Wildman–Crippen MR) is 82.0 cm³/mol. The van der Waals surface area contributed by atoms with Crippen molar-refractivity contribution in [2.75, 3.05) is 17.2 Å². The Hall–Kier alpha value is -1.55. The summed E-state index contributed by atoms with van der Waals surface area (Å²) < 4.78 is 5.79. The number of nitrogens with one attached hydrogen (secondary N) is 2. The first-order valence-electron chi connectivity index (χ1n) is 7.30. The molecule has 0 radical (unpaired) electrons. The summed E-state index contributed by atoms with van der Waals surface area (Å²) in [6, 6.07) is 8.29. The van der Waals surface area contributed by atoms with Gasteiger partial charge in [0.05, 0.1) is 6.10 Å². The average Bonchev–Trinajstić information content (AvgIpc) is 2.38. The minimum Gasteiger partial charge on any atom is -0.382 e. The van der Waals surface area contributed by atoms with Gasteiger partial charge in [-0.3, -0.25) is 4.79 Å². The second-order valence-corrected chi connectivity index (χ2v) is 5.78. The highest BCUT2D eigenvalue weighted by molar-refractivity contribution is 5.89. The lowest BCUT2D eigenvalue weighted by molar-refractivity contribution is -0.114. The third kappa shape index (κ3) is 4.23. The summed E-state index contributed by atoms with van der Waals surface area (Å²) in [4.78, 5) is 11.1. The normalized spacial score (nSPS) is 22.6. The first-order chi connectivity index (χ1) is 9.54. The van der Waals surface area contributed by atoms with Gasteiger partial charge in [0.1, 0.15) is 0 Å². The molecule has 1 heterocycles. The van der Waals surface area contributed by atoms with E-state index in [1.165, 1.54) is 6.92 Å².